The van der Waals surface area contributed by atoms with Crippen LogP contribution in [-0.4, -0.2) is 21.1 Å². The summed E-state index contributed by atoms with van der Waals surface area (Å²) in [5.74, 6) is 0.311. The number of benzene rings is 1. The van der Waals surface area contributed by atoms with E-state index in [9.17, 15) is 10.1 Å². The second kappa shape index (κ2) is 5.50. The van der Waals surface area contributed by atoms with Gasteiger partial charge < -0.3 is 9.30 Å². The molecule has 0 aliphatic carbocycles. The van der Waals surface area contributed by atoms with Gasteiger partial charge in [0.15, 0.2) is 0 Å². The third-order valence-electron chi connectivity index (χ3n) is 2.29. The number of ether oxygens (including phenoxy) is 1. The Kier molecular flexibility index (Phi) is 3.78. The van der Waals surface area contributed by atoms with Gasteiger partial charge in [-0.1, -0.05) is 11.6 Å². The standard InChI is InChI=1S/C11H10ClN3O3/c12-10-2-1-9(15(16)17)7-11(10)18-6-5-14-4-3-13-8-14/h1-4,7-8H,5-6H2. The number of halogens is 1. The molecule has 7 heteroatoms. The van der Waals surface area contributed by atoms with Crippen LogP contribution in [0.2, 0.25) is 5.02 Å². The van der Waals surface area contributed by atoms with E-state index in [4.69, 9.17) is 16.3 Å². The summed E-state index contributed by atoms with van der Waals surface area (Å²) >= 11 is 5.89. The topological polar surface area (TPSA) is 70.2 Å². The van der Waals surface area contributed by atoms with Crippen LogP contribution in [0.4, 0.5) is 5.69 Å². The predicted molar refractivity (Wildman–Crippen MR) is 65.8 cm³/mol. The summed E-state index contributed by atoms with van der Waals surface area (Å²) in [6, 6.07) is 4.10. The van der Waals surface area contributed by atoms with E-state index in [0.29, 0.717) is 23.9 Å². The summed E-state index contributed by atoms with van der Waals surface area (Å²) in [6.45, 7) is 0.955. The summed E-state index contributed by atoms with van der Waals surface area (Å²) in [5, 5.41) is 11.0. The molecule has 0 aliphatic rings. The molecule has 0 atom stereocenters. The minimum atomic E-state index is -0.487. The van der Waals surface area contributed by atoms with Gasteiger partial charge in [0.2, 0.25) is 0 Å². The fraction of sp³-hybridized carbons (Fsp3) is 0.182. The molecule has 1 heterocycles. The quantitative estimate of drug-likeness (QED) is 0.616. The first-order valence-electron chi connectivity index (χ1n) is 5.19. The third kappa shape index (κ3) is 2.98. The van der Waals surface area contributed by atoms with Gasteiger partial charge >= 0.3 is 0 Å². The van der Waals surface area contributed by atoms with Gasteiger partial charge in [0.25, 0.3) is 5.69 Å². The Bertz CT molecular complexity index is 542. The lowest BCUT2D eigenvalue weighted by molar-refractivity contribution is -0.384. The summed E-state index contributed by atoms with van der Waals surface area (Å²) in [4.78, 5) is 14.0. The Balaban J connectivity index is 2.00. The monoisotopic (exact) mass is 267 g/mol. The minimum Gasteiger partial charge on any atom is -0.490 e. The number of rotatable bonds is 5. The van der Waals surface area contributed by atoms with E-state index in [0.717, 1.165) is 0 Å². The largest absolute Gasteiger partial charge is 0.490 e. The highest BCUT2D eigenvalue weighted by molar-refractivity contribution is 6.32. The molecular formula is C11H10ClN3O3. The van der Waals surface area contributed by atoms with Crippen molar-refractivity contribution < 1.29 is 9.66 Å². The van der Waals surface area contributed by atoms with Crippen LogP contribution in [0.1, 0.15) is 0 Å². The maximum atomic E-state index is 10.6. The molecule has 0 radical (unpaired) electrons. The van der Waals surface area contributed by atoms with E-state index in [2.05, 4.69) is 4.98 Å². The van der Waals surface area contributed by atoms with Gasteiger partial charge in [0, 0.05) is 18.5 Å². The third-order valence-corrected chi connectivity index (χ3v) is 2.60. The van der Waals surface area contributed by atoms with Crippen molar-refractivity contribution in [3.05, 3.63) is 52.1 Å². The van der Waals surface area contributed by atoms with Crippen LogP contribution in [-0.2, 0) is 6.54 Å². The van der Waals surface area contributed by atoms with E-state index in [1.54, 1.807) is 18.7 Å². The first-order valence-corrected chi connectivity index (χ1v) is 5.57. The summed E-state index contributed by atoms with van der Waals surface area (Å²) in [5.41, 5.74) is -0.0444. The Labute approximate surface area is 108 Å². The Morgan fingerprint density at radius 3 is 3.00 bits per heavy atom. The Morgan fingerprint density at radius 2 is 2.33 bits per heavy atom. The van der Waals surface area contributed by atoms with Gasteiger partial charge in [-0.05, 0) is 6.07 Å². The highest BCUT2D eigenvalue weighted by Crippen LogP contribution is 2.28. The van der Waals surface area contributed by atoms with Crippen LogP contribution < -0.4 is 4.74 Å². The number of hydrogen-bond donors (Lipinski definition) is 0. The van der Waals surface area contributed by atoms with E-state index in [-0.39, 0.29) is 5.69 Å². The van der Waals surface area contributed by atoms with Gasteiger partial charge in [0.05, 0.1) is 28.9 Å². The number of nitro groups is 1. The van der Waals surface area contributed by atoms with Crippen LogP contribution in [0.5, 0.6) is 5.75 Å². The van der Waals surface area contributed by atoms with Crippen LogP contribution in [0, 0.1) is 10.1 Å². The maximum Gasteiger partial charge on any atom is 0.273 e. The zero-order valence-corrected chi connectivity index (χ0v) is 10.1. The van der Waals surface area contributed by atoms with Crippen molar-refractivity contribution in [2.75, 3.05) is 6.61 Å². The van der Waals surface area contributed by atoms with Gasteiger partial charge in [-0.25, -0.2) is 4.98 Å². The van der Waals surface area contributed by atoms with Crippen molar-refractivity contribution >= 4 is 17.3 Å². The lowest BCUT2D eigenvalue weighted by Crippen LogP contribution is -2.06. The maximum absolute atomic E-state index is 10.6. The molecular weight excluding hydrogens is 258 g/mol. The smallest absolute Gasteiger partial charge is 0.273 e. The number of hydrogen-bond acceptors (Lipinski definition) is 4. The molecule has 2 rings (SSSR count). The average molecular weight is 268 g/mol. The van der Waals surface area contributed by atoms with Crippen LogP contribution in [0.15, 0.2) is 36.9 Å². The van der Waals surface area contributed by atoms with Gasteiger partial charge in [-0.2, -0.15) is 0 Å². The SMILES string of the molecule is O=[N+]([O-])c1ccc(Cl)c(OCCn2ccnc2)c1. The van der Waals surface area contributed by atoms with Crippen molar-refractivity contribution in [1.82, 2.24) is 9.55 Å². The normalized spacial score (nSPS) is 10.3. The second-order valence-electron chi connectivity index (χ2n) is 3.52. The molecule has 0 N–H and O–H groups in total. The fourth-order valence-electron chi connectivity index (χ4n) is 1.40. The second-order valence-corrected chi connectivity index (χ2v) is 3.93. The predicted octanol–water partition coefficient (Wildman–Crippen LogP) is 2.52. The molecule has 0 saturated heterocycles. The molecule has 0 fully saturated rings. The summed E-state index contributed by atoms with van der Waals surface area (Å²) < 4.78 is 7.25. The number of aromatic nitrogens is 2. The van der Waals surface area contributed by atoms with Crippen molar-refractivity contribution in [1.29, 1.82) is 0 Å². The number of nitrogens with zero attached hydrogens (tertiary/aromatic N) is 3. The van der Waals surface area contributed by atoms with E-state index < -0.39 is 4.92 Å². The molecule has 0 saturated carbocycles. The molecule has 2 aromatic rings. The molecule has 0 spiro atoms. The summed E-state index contributed by atoms with van der Waals surface area (Å²) in [7, 11) is 0. The lowest BCUT2D eigenvalue weighted by Gasteiger charge is -2.08. The highest BCUT2D eigenvalue weighted by atomic mass is 35.5. The highest BCUT2D eigenvalue weighted by Gasteiger charge is 2.10. The zero-order chi connectivity index (χ0) is 13.0. The first-order chi connectivity index (χ1) is 8.66. The average Bonchev–Trinajstić information content (AvgIpc) is 2.84. The zero-order valence-electron chi connectivity index (χ0n) is 9.32. The molecule has 94 valence electrons. The van der Waals surface area contributed by atoms with E-state index >= 15 is 0 Å². The van der Waals surface area contributed by atoms with E-state index in [1.165, 1.54) is 18.2 Å². The van der Waals surface area contributed by atoms with Gasteiger partial charge in [-0.15, -0.1) is 0 Å². The molecule has 0 unspecified atom stereocenters. The van der Waals surface area contributed by atoms with Crippen LogP contribution >= 0.6 is 11.6 Å². The van der Waals surface area contributed by atoms with Crippen molar-refractivity contribution in [3.8, 4) is 5.75 Å². The van der Waals surface area contributed by atoms with Gasteiger partial charge in [0.1, 0.15) is 12.4 Å². The van der Waals surface area contributed by atoms with Gasteiger partial charge in [-0.3, -0.25) is 10.1 Å². The molecule has 1 aromatic heterocycles. The Morgan fingerprint density at radius 1 is 1.50 bits per heavy atom. The molecule has 1 aromatic carbocycles. The number of non-ortho nitro benzene ring substituents is 1. The van der Waals surface area contributed by atoms with Crippen LogP contribution in [0.3, 0.4) is 0 Å². The number of imidazole rings is 1. The minimum absolute atomic E-state index is 0.0444. The fourth-order valence-corrected chi connectivity index (χ4v) is 1.57. The van der Waals surface area contributed by atoms with E-state index in [1.807, 2.05) is 4.57 Å². The molecule has 0 bridgehead atoms. The van der Waals surface area contributed by atoms with Crippen molar-refractivity contribution in [2.45, 2.75) is 6.54 Å². The lowest BCUT2D eigenvalue weighted by atomic mass is 10.3. The van der Waals surface area contributed by atoms with Crippen molar-refractivity contribution in [3.63, 3.8) is 0 Å². The molecule has 0 aliphatic heterocycles. The van der Waals surface area contributed by atoms with Crippen molar-refractivity contribution in [2.24, 2.45) is 0 Å². The van der Waals surface area contributed by atoms with Crippen LogP contribution in [0.25, 0.3) is 0 Å². The number of nitro benzene ring substituents is 1. The first kappa shape index (κ1) is 12.4. The molecule has 6 nitrogen and oxygen atoms in total. The molecule has 0 amide bonds. The Hall–Kier alpha value is -2.08. The summed E-state index contributed by atoms with van der Waals surface area (Å²) in [6.07, 6.45) is 5.14. The molecule has 18 heavy (non-hydrogen) atoms.